The molecule has 1 amide bonds. The van der Waals surface area contributed by atoms with Gasteiger partial charge in [-0.1, -0.05) is 48.8 Å². The largest absolute Gasteiger partial charge is 0.359 e. The zero-order valence-electron chi connectivity index (χ0n) is 12.8. The van der Waals surface area contributed by atoms with E-state index < -0.39 is 0 Å². The Labute approximate surface area is 135 Å². The van der Waals surface area contributed by atoms with Gasteiger partial charge in [0, 0.05) is 11.7 Å². The molecule has 1 saturated carbocycles. The average Bonchev–Trinajstić information content (AvgIpc) is 2.90. The van der Waals surface area contributed by atoms with Gasteiger partial charge >= 0.3 is 0 Å². The molecule has 2 N–H and O–H groups in total. The average molecular weight is 315 g/mol. The number of aryl methyl sites for hydroxylation is 1. The second-order valence-electron chi connectivity index (χ2n) is 5.73. The molecular formula is C17H21N3OS. The van der Waals surface area contributed by atoms with Crippen LogP contribution in [0.25, 0.3) is 0 Å². The van der Waals surface area contributed by atoms with Crippen molar-refractivity contribution in [2.75, 3.05) is 10.6 Å². The zero-order valence-corrected chi connectivity index (χ0v) is 13.6. The molecule has 1 aliphatic carbocycles. The first kappa shape index (κ1) is 15.0. The van der Waals surface area contributed by atoms with E-state index in [1.807, 2.05) is 37.3 Å². The minimum absolute atomic E-state index is 0.0853. The lowest BCUT2D eigenvalue weighted by molar-refractivity contribution is 0.103. The van der Waals surface area contributed by atoms with E-state index in [1.165, 1.54) is 43.4 Å². The van der Waals surface area contributed by atoms with E-state index in [1.54, 1.807) is 0 Å². The molecule has 3 rings (SSSR count). The van der Waals surface area contributed by atoms with Crippen molar-refractivity contribution >= 4 is 28.1 Å². The van der Waals surface area contributed by atoms with Crippen molar-refractivity contribution in [3.05, 3.63) is 40.9 Å². The van der Waals surface area contributed by atoms with Crippen LogP contribution in [0.5, 0.6) is 0 Å². The summed E-state index contributed by atoms with van der Waals surface area (Å²) in [4.78, 5) is 17.6. The lowest BCUT2D eigenvalue weighted by Gasteiger charge is -2.22. The summed E-state index contributed by atoms with van der Waals surface area (Å²) < 4.78 is 0. The summed E-state index contributed by atoms with van der Waals surface area (Å²) in [6, 6.07) is 10.0. The first-order valence-corrected chi connectivity index (χ1v) is 8.64. The van der Waals surface area contributed by atoms with Crippen molar-refractivity contribution in [2.24, 2.45) is 0 Å². The summed E-state index contributed by atoms with van der Waals surface area (Å²) in [5.74, 6) is -0.0853. The van der Waals surface area contributed by atoms with Crippen LogP contribution in [0.2, 0.25) is 0 Å². The number of nitrogens with zero attached hydrogens (tertiary/aromatic N) is 1. The molecule has 1 heterocycles. The maximum absolute atomic E-state index is 12.4. The molecule has 0 bridgehead atoms. The fourth-order valence-corrected chi connectivity index (χ4v) is 3.74. The number of nitrogens with one attached hydrogen (secondary N) is 2. The van der Waals surface area contributed by atoms with Crippen molar-refractivity contribution in [1.29, 1.82) is 0 Å². The van der Waals surface area contributed by atoms with Gasteiger partial charge in [0.1, 0.15) is 4.88 Å². The Kier molecular flexibility index (Phi) is 4.73. The molecule has 0 saturated heterocycles. The molecular weight excluding hydrogens is 294 g/mol. The molecule has 1 aromatic carbocycles. The molecule has 1 fully saturated rings. The smallest absolute Gasteiger partial charge is 0.267 e. The Bertz CT molecular complexity index is 633. The molecule has 2 aromatic rings. The third-order valence-electron chi connectivity index (χ3n) is 3.97. The van der Waals surface area contributed by atoms with Gasteiger partial charge in [0.15, 0.2) is 5.13 Å². The van der Waals surface area contributed by atoms with Crippen molar-refractivity contribution in [2.45, 2.75) is 45.1 Å². The normalized spacial score (nSPS) is 15.5. The Balaban J connectivity index is 1.67. The van der Waals surface area contributed by atoms with Crippen molar-refractivity contribution in [3.63, 3.8) is 0 Å². The number of benzene rings is 1. The van der Waals surface area contributed by atoms with E-state index in [0.717, 1.165) is 16.5 Å². The van der Waals surface area contributed by atoms with Gasteiger partial charge in [-0.3, -0.25) is 4.79 Å². The topological polar surface area (TPSA) is 54.0 Å². The van der Waals surface area contributed by atoms with Crippen molar-refractivity contribution in [1.82, 2.24) is 4.98 Å². The number of anilines is 2. The second-order valence-corrected chi connectivity index (χ2v) is 6.73. The summed E-state index contributed by atoms with van der Waals surface area (Å²) in [5.41, 5.74) is 1.60. The highest BCUT2D eigenvalue weighted by Gasteiger charge is 2.18. The van der Waals surface area contributed by atoms with Crippen molar-refractivity contribution < 1.29 is 4.79 Å². The van der Waals surface area contributed by atoms with Gasteiger partial charge in [-0.25, -0.2) is 4.98 Å². The van der Waals surface area contributed by atoms with Crippen LogP contribution < -0.4 is 10.6 Å². The molecule has 1 aromatic heterocycles. The number of carbonyl (C=O) groups excluding carboxylic acids is 1. The van der Waals surface area contributed by atoms with Gasteiger partial charge in [-0.05, 0) is 31.9 Å². The van der Waals surface area contributed by atoms with Crippen LogP contribution in [0.1, 0.15) is 47.5 Å². The van der Waals surface area contributed by atoms with Crippen molar-refractivity contribution in [3.8, 4) is 0 Å². The van der Waals surface area contributed by atoms with Crippen LogP contribution in [0.4, 0.5) is 10.8 Å². The molecule has 4 nitrogen and oxygen atoms in total. The third kappa shape index (κ3) is 3.65. The Morgan fingerprint density at radius 2 is 1.91 bits per heavy atom. The number of amides is 1. The minimum Gasteiger partial charge on any atom is -0.359 e. The number of hydrogen-bond acceptors (Lipinski definition) is 4. The first-order chi connectivity index (χ1) is 10.7. The maximum Gasteiger partial charge on any atom is 0.267 e. The van der Waals surface area contributed by atoms with E-state index in [9.17, 15) is 4.79 Å². The van der Waals surface area contributed by atoms with Crippen LogP contribution >= 0.6 is 11.3 Å². The summed E-state index contributed by atoms with van der Waals surface area (Å²) in [6.07, 6.45) is 6.29. The molecule has 0 atom stereocenters. The van der Waals surface area contributed by atoms with E-state index >= 15 is 0 Å². The van der Waals surface area contributed by atoms with E-state index in [2.05, 4.69) is 15.6 Å². The molecule has 0 unspecified atom stereocenters. The molecule has 116 valence electrons. The number of carbonyl (C=O) groups is 1. The van der Waals surface area contributed by atoms with E-state index in [0.29, 0.717) is 10.9 Å². The highest BCUT2D eigenvalue weighted by Crippen LogP contribution is 2.27. The van der Waals surface area contributed by atoms with E-state index in [-0.39, 0.29) is 5.91 Å². The molecule has 22 heavy (non-hydrogen) atoms. The van der Waals surface area contributed by atoms with Gasteiger partial charge in [-0.15, -0.1) is 0 Å². The van der Waals surface area contributed by atoms with Crippen LogP contribution in [0, 0.1) is 6.92 Å². The highest BCUT2D eigenvalue weighted by atomic mass is 32.1. The predicted molar refractivity (Wildman–Crippen MR) is 91.7 cm³/mol. The van der Waals surface area contributed by atoms with Crippen LogP contribution in [-0.2, 0) is 0 Å². The Morgan fingerprint density at radius 1 is 1.18 bits per heavy atom. The zero-order chi connectivity index (χ0) is 15.4. The number of rotatable bonds is 4. The monoisotopic (exact) mass is 315 g/mol. The number of thiazole rings is 1. The van der Waals surface area contributed by atoms with Gasteiger partial charge in [-0.2, -0.15) is 0 Å². The lowest BCUT2D eigenvalue weighted by atomic mass is 9.96. The quantitative estimate of drug-likeness (QED) is 0.876. The summed E-state index contributed by atoms with van der Waals surface area (Å²) in [5, 5.41) is 7.27. The predicted octanol–water partition coefficient (Wildman–Crippen LogP) is 4.45. The van der Waals surface area contributed by atoms with Crippen LogP contribution in [-0.4, -0.2) is 16.9 Å². The fourth-order valence-electron chi connectivity index (χ4n) is 2.80. The Hall–Kier alpha value is -1.88. The van der Waals surface area contributed by atoms with Gasteiger partial charge in [0.25, 0.3) is 5.91 Å². The highest BCUT2D eigenvalue weighted by molar-refractivity contribution is 7.17. The first-order valence-electron chi connectivity index (χ1n) is 7.83. The minimum atomic E-state index is -0.0853. The molecule has 5 heteroatoms. The molecule has 1 aliphatic rings. The van der Waals surface area contributed by atoms with E-state index in [4.69, 9.17) is 0 Å². The van der Waals surface area contributed by atoms with Gasteiger partial charge in [0.2, 0.25) is 0 Å². The number of para-hydroxylation sites is 1. The van der Waals surface area contributed by atoms with Gasteiger partial charge in [0.05, 0.1) is 5.69 Å². The standard InChI is InChI=1S/C17H21N3OS/c1-12-15(16(21)19-13-8-4-2-5-9-13)22-17(18-12)20-14-10-6-3-7-11-14/h2,4-5,8-9,14H,3,6-7,10-11H2,1H3,(H,18,20)(H,19,21). The number of hydrogen-bond donors (Lipinski definition) is 2. The SMILES string of the molecule is Cc1nc(NC2CCCCC2)sc1C(=O)Nc1ccccc1. The second kappa shape index (κ2) is 6.92. The summed E-state index contributed by atoms with van der Waals surface area (Å²) in [7, 11) is 0. The Morgan fingerprint density at radius 3 is 2.64 bits per heavy atom. The maximum atomic E-state index is 12.4. The van der Waals surface area contributed by atoms with Gasteiger partial charge < -0.3 is 10.6 Å². The third-order valence-corrected chi connectivity index (χ3v) is 5.05. The van der Waals surface area contributed by atoms with Crippen LogP contribution in [0.3, 0.4) is 0 Å². The molecule has 0 radical (unpaired) electrons. The van der Waals surface area contributed by atoms with Crippen LogP contribution in [0.15, 0.2) is 30.3 Å². The number of aromatic nitrogens is 1. The summed E-state index contributed by atoms with van der Waals surface area (Å²) in [6.45, 7) is 1.89. The summed E-state index contributed by atoms with van der Waals surface area (Å²) >= 11 is 1.45. The lowest BCUT2D eigenvalue weighted by Crippen LogP contribution is -2.21. The molecule has 0 spiro atoms. The fraction of sp³-hybridized carbons (Fsp3) is 0.412. The molecule has 0 aliphatic heterocycles.